The number of hydrogen-bond acceptors (Lipinski definition) is 7. The number of phenols is 1. The largest absolute Gasteiger partial charge is 0.508 e. The molecule has 8 nitrogen and oxygen atoms in total. The normalized spacial score (nSPS) is 14.1. The molecule has 186 valence electrons. The predicted molar refractivity (Wildman–Crippen MR) is 142 cm³/mol. The molecule has 3 heterocycles. The average molecular weight is 503 g/mol. The maximum atomic E-state index is 10.2. The third-order valence-electron chi connectivity index (χ3n) is 6.96. The molecule has 0 unspecified atom stereocenters. The lowest BCUT2D eigenvalue weighted by atomic mass is 9.83. The molecule has 1 atom stereocenters. The van der Waals surface area contributed by atoms with Gasteiger partial charge in [0.2, 0.25) is 5.88 Å². The molecular weight excluding hydrogens is 480 g/mol. The van der Waals surface area contributed by atoms with Crippen LogP contribution in [-0.2, 0) is 0 Å². The van der Waals surface area contributed by atoms with E-state index in [2.05, 4.69) is 23.2 Å². The molecule has 6 aromatic rings. The fourth-order valence-electron chi connectivity index (χ4n) is 5.22. The molecule has 0 amide bonds. The van der Waals surface area contributed by atoms with Gasteiger partial charge in [0.1, 0.15) is 17.8 Å². The Balaban J connectivity index is 1.48. The summed E-state index contributed by atoms with van der Waals surface area (Å²) in [6.45, 7) is 0. The molecule has 0 saturated carbocycles. The summed E-state index contributed by atoms with van der Waals surface area (Å²) in [5.41, 5.74) is 4.15. The smallest absolute Gasteiger partial charge is 0.228 e. The van der Waals surface area contributed by atoms with Crippen molar-refractivity contribution < 1.29 is 19.3 Å². The molecular formula is C30H22N4O4. The van der Waals surface area contributed by atoms with Crippen molar-refractivity contribution in [1.29, 1.82) is 0 Å². The van der Waals surface area contributed by atoms with E-state index in [0.29, 0.717) is 34.6 Å². The number of hydrogen-bond donors (Lipinski definition) is 1. The van der Waals surface area contributed by atoms with Crippen LogP contribution in [0.1, 0.15) is 22.6 Å². The number of methoxy groups -OCH3 is 2. The second kappa shape index (κ2) is 8.48. The first-order valence-corrected chi connectivity index (χ1v) is 12.1. The van der Waals surface area contributed by atoms with Crippen LogP contribution >= 0.6 is 0 Å². The molecule has 1 aliphatic heterocycles. The van der Waals surface area contributed by atoms with Gasteiger partial charge in [0.15, 0.2) is 23.0 Å². The maximum Gasteiger partial charge on any atom is 0.228 e. The van der Waals surface area contributed by atoms with Gasteiger partial charge < -0.3 is 19.3 Å². The summed E-state index contributed by atoms with van der Waals surface area (Å²) in [5.74, 6) is 2.58. The Bertz CT molecular complexity index is 1860. The molecule has 0 bridgehead atoms. The van der Waals surface area contributed by atoms with Crippen LogP contribution in [0.25, 0.3) is 27.8 Å². The Morgan fingerprint density at radius 2 is 1.74 bits per heavy atom. The minimum absolute atomic E-state index is 0.111. The number of fused-ring (bicyclic) bond motifs is 5. The Morgan fingerprint density at radius 3 is 2.61 bits per heavy atom. The van der Waals surface area contributed by atoms with E-state index < -0.39 is 0 Å². The first-order valence-electron chi connectivity index (χ1n) is 12.1. The van der Waals surface area contributed by atoms with Crippen molar-refractivity contribution in [2.75, 3.05) is 14.2 Å². The molecule has 4 aromatic carbocycles. The SMILES string of the molecule is COc1ccc([C@H]2c3ccc(O)cc3Oc3ncn4nc(-c5cccc6ccccc56)nc4c32)cc1OC. The Hall–Kier alpha value is -5.11. The molecule has 7 rings (SSSR count). The number of aromatic nitrogens is 4. The molecule has 1 aliphatic rings. The number of benzene rings is 4. The van der Waals surface area contributed by atoms with Crippen molar-refractivity contribution in [3.05, 3.63) is 102 Å². The van der Waals surface area contributed by atoms with E-state index in [0.717, 1.165) is 33.0 Å². The van der Waals surface area contributed by atoms with E-state index in [1.807, 2.05) is 48.5 Å². The van der Waals surface area contributed by atoms with Gasteiger partial charge >= 0.3 is 0 Å². The summed E-state index contributed by atoms with van der Waals surface area (Å²) in [6, 6.07) is 25.2. The summed E-state index contributed by atoms with van der Waals surface area (Å²) >= 11 is 0. The lowest BCUT2D eigenvalue weighted by Gasteiger charge is -2.28. The zero-order valence-electron chi connectivity index (χ0n) is 20.6. The Kier molecular flexibility index (Phi) is 4.94. The minimum Gasteiger partial charge on any atom is -0.508 e. The third kappa shape index (κ3) is 3.34. The van der Waals surface area contributed by atoms with Gasteiger partial charge in [-0.25, -0.2) is 14.5 Å². The van der Waals surface area contributed by atoms with Gasteiger partial charge in [-0.15, -0.1) is 5.10 Å². The van der Waals surface area contributed by atoms with Gasteiger partial charge in [-0.3, -0.25) is 0 Å². The quantitative estimate of drug-likeness (QED) is 0.318. The van der Waals surface area contributed by atoms with E-state index in [-0.39, 0.29) is 11.7 Å². The highest BCUT2D eigenvalue weighted by atomic mass is 16.5. The monoisotopic (exact) mass is 502 g/mol. The number of ether oxygens (including phenoxy) is 3. The van der Waals surface area contributed by atoms with Gasteiger partial charge in [-0.1, -0.05) is 54.6 Å². The molecule has 0 radical (unpaired) electrons. The predicted octanol–water partition coefficient (Wildman–Crippen LogP) is 5.95. The van der Waals surface area contributed by atoms with Crippen LogP contribution in [0.15, 0.2) is 85.2 Å². The molecule has 38 heavy (non-hydrogen) atoms. The summed E-state index contributed by atoms with van der Waals surface area (Å²) in [7, 11) is 3.22. The third-order valence-corrected chi connectivity index (χ3v) is 6.96. The average Bonchev–Trinajstić information content (AvgIpc) is 3.39. The first kappa shape index (κ1) is 22.1. The van der Waals surface area contributed by atoms with E-state index in [1.165, 1.54) is 0 Å². The van der Waals surface area contributed by atoms with E-state index in [4.69, 9.17) is 24.3 Å². The van der Waals surface area contributed by atoms with Crippen molar-refractivity contribution in [3.8, 4) is 40.3 Å². The second-order valence-electron chi connectivity index (χ2n) is 9.07. The van der Waals surface area contributed by atoms with Crippen molar-refractivity contribution in [2.24, 2.45) is 0 Å². The summed E-state index contributed by atoms with van der Waals surface area (Å²) in [6.07, 6.45) is 1.61. The van der Waals surface area contributed by atoms with E-state index in [9.17, 15) is 5.11 Å². The molecule has 0 saturated heterocycles. The fourth-order valence-corrected chi connectivity index (χ4v) is 5.22. The number of nitrogens with zero attached hydrogens (tertiary/aromatic N) is 4. The van der Waals surface area contributed by atoms with Gasteiger partial charge in [0.25, 0.3) is 0 Å². The standard InChI is InChI=1S/C30H22N4O4/c1-36-23-13-10-18(14-25(23)37-2)26-22-12-11-19(35)15-24(22)38-30-27(26)29-32-28(33-34(29)16-31-30)21-9-5-7-17-6-3-4-8-20(17)21/h3-16,26,35H,1-2H3/t26-/m0/s1. The second-order valence-corrected chi connectivity index (χ2v) is 9.07. The van der Waals surface area contributed by atoms with Gasteiger partial charge in [-0.2, -0.15) is 0 Å². The highest BCUT2D eigenvalue weighted by molar-refractivity contribution is 5.95. The topological polar surface area (TPSA) is 91.0 Å². The zero-order valence-corrected chi connectivity index (χ0v) is 20.6. The molecule has 0 aliphatic carbocycles. The number of rotatable bonds is 4. The Morgan fingerprint density at radius 1 is 0.895 bits per heavy atom. The van der Waals surface area contributed by atoms with E-state index in [1.54, 1.807) is 37.2 Å². The molecule has 8 heteroatoms. The van der Waals surface area contributed by atoms with Crippen LogP contribution in [0.4, 0.5) is 0 Å². The highest BCUT2D eigenvalue weighted by Crippen LogP contribution is 2.49. The molecule has 2 aromatic heterocycles. The zero-order chi connectivity index (χ0) is 25.8. The first-order chi connectivity index (χ1) is 18.6. The molecule has 0 fully saturated rings. The van der Waals surface area contributed by atoms with Crippen LogP contribution in [0.2, 0.25) is 0 Å². The summed E-state index contributed by atoms with van der Waals surface area (Å²) < 4.78 is 19.0. The van der Waals surface area contributed by atoms with Gasteiger partial charge in [-0.05, 0) is 34.5 Å². The van der Waals surface area contributed by atoms with Crippen LogP contribution in [0, 0.1) is 0 Å². The maximum absolute atomic E-state index is 10.2. The van der Waals surface area contributed by atoms with Gasteiger partial charge in [0.05, 0.1) is 19.8 Å². The molecule has 0 spiro atoms. The Labute approximate surface area is 217 Å². The van der Waals surface area contributed by atoms with E-state index >= 15 is 0 Å². The van der Waals surface area contributed by atoms with Crippen molar-refractivity contribution in [1.82, 2.24) is 19.6 Å². The van der Waals surface area contributed by atoms with Crippen LogP contribution < -0.4 is 14.2 Å². The van der Waals surface area contributed by atoms with Crippen molar-refractivity contribution >= 4 is 16.4 Å². The summed E-state index contributed by atoms with van der Waals surface area (Å²) in [4.78, 5) is 9.61. The minimum atomic E-state index is -0.310. The highest BCUT2D eigenvalue weighted by Gasteiger charge is 2.34. The van der Waals surface area contributed by atoms with Crippen molar-refractivity contribution in [2.45, 2.75) is 5.92 Å². The van der Waals surface area contributed by atoms with Crippen molar-refractivity contribution in [3.63, 3.8) is 0 Å². The lowest BCUT2D eigenvalue weighted by Crippen LogP contribution is -2.15. The summed E-state index contributed by atoms with van der Waals surface area (Å²) in [5, 5.41) is 17.2. The lowest BCUT2D eigenvalue weighted by molar-refractivity contribution is 0.354. The van der Waals surface area contributed by atoms with Crippen LogP contribution in [0.3, 0.4) is 0 Å². The van der Waals surface area contributed by atoms with Crippen LogP contribution in [0.5, 0.6) is 28.9 Å². The number of phenolic OH excluding ortho intramolecular Hbond substituents is 1. The van der Waals surface area contributed by atoms with Gasteiger partial charge in [0, 0.05) is 23.1 Å². The fraction of sp³-hybridized carbons (Fsp3) is 0.100. The molecule has 1 N–H and O–H groups in total. The number of aromatic hydroxyl groups is 1. The van der Waals surface area contributed by atoms with Crippen LogP contribution in [-0.4, -0.2) is 38.9 Å².